The fraction of sp³-hybridized carbons (Fsp3) is 0.364. The van der Waals surface area contributed by atoms with Crippen molar-refractivity contribution in [1.82, 2.24) is 4.57 Å². The average molecular weight is 483 g/mol. The van der Waals surface area contributed by atoms with Crippen LogP contribution in [0, 0.1) is 18.6 Å². The Morgan fingerprint density at radius 2 is 1.91 bits per heavy atom. The first kappa shape index (κ1) is 24.2. The van der Waals surface area contributed by atoms with E-state index in [9.17, 15) is 22.0 Å². The van der Waals surface area contributed by atoms with E-state index in [1.165, 1.54) is 10.6 Å². The van der Waals surface area contributed by atoms with Gasteiger partial charge in [0.25, 0.3) is 0 Å². The molecule has 0 aliphatic rings. The fourth-order valence-corrected chi connectivity index (χ4v) is 5.59. The molecule has 0 radical (unpaired) electrons. The average Bonchev–Trinajstić information content (AvgIpc) is 3.05. The van der Waals surface area contributed by atoms with Crippen molar-refractivity contribution in [3.8, 4) is 0 Å². The fourth-order valence-electron chi connectivity index (χ4n) is 3.16. The molecule has 0 saturated heterocycles. The van der Waals surface area contributed by atoms with E-state index >= 15 is 0 Å². The van der Waals surface area contributed by atoms with Crippen molar-refractivity contribution in [3.05, 3.63) is 58.4 Å². The summed E-state index contributed by atoms with van der Waals surface area (Å²) >= 11 is 0.997. The molecule has 0 spiro atoms. The van der Waals surface area contributed by atoms with Gasteiger partial charge in [0.15, 0.2) is 20.5 Å². The lowest BCUT2D eigenvalue weighted by molar-refractivity contribution is -0.118. The Labute approximate surface area is 189 Å². The number of rotatable bonds is 9. The predicted molar refractivity (Wildman–Crippen MR) is 119 cm³/mol. The summed E-state index contributed by atoms with van der Waals surface area (Å²) in [5, 5.41) is 0. The highest BCUT2D eigenvalue weighted by Gasteiger charge is 2.16. The molecule has 1 heterocycles. The molecule has 0 aliphatic carbocycles. The molecule has 2 aromatic carbocycles. The van der Waals surface area contributed by atoms with E-state index in [0.717, 1.165) is 23.0 Å². The Kier molecular flexibility index (Phi) is 7.91. The summed E-state index contributed by atoms with van der Waals surface area (Å²) in [4.78, 5) is 16.9. The van der Waals surface area contributed by atoms with Crippen LogP contribution in [-0.4, -0.2) is 37.9 Å². The number of hydrogen-bond donors (Lipinski definition) is 0. The highest BCUT2D eigenvalue weighted by atomic mass is 32.2. The predicted octanol–water partition coefficient (Wildman–Crippen LogP) is 4.01. The Balaban J connectivity index is 1.78. The molecule has 0 saturated carbocycles. The van der Waals surface area contributed by atoms with Gasteiger partial charge in [0.05, 0.1) is 27.5 Å². The second-order valence-electron chi connectivity index (χ2n) is 7.21. The molecule has 0 atom stereocenters. The Morgan fingerprint density at radius 3 is 2.59 bits per heavy atom. The van der Waals surface area contributed by atoms with Crippen LogP contribution in [-0.2, 0) is 25.9 Å². The number of fused-ring (bicyclic) bond motifs is 1. The van der Waals surface area contributed by atoms with Gasteiger partial charge in [0, 0.05) is 25.6 Å². The van der Waals surface area contributed by atoms with Gasteiger partial charge in [-0.3, -0.25) is 4.79 Å². The summed E-state index contributed by atoms with van der Waals surface area (Å²) in [6.07, 6.45) is 0.0208. The molecule has 0 N–H and O–H groups in total. The van der Waals surface area contributed by atoms with Crippen molar-refractivity contribution in [2.75, 3.05) is 19.0 Å². The lowest BCUT2D eigenvalue weighted by atomic mass is 10.2. The molecule has 0 unspecified atom stereocenters. The number of nitrogens with zero attached hydrogens (tertiary/aromatic N) is 2. The number of halogens is 2. The van der Waals surface area contributed by atoms with Crippen LogP contribution in [0.25, 0.3) is 10.2 Å². The van der Waals surface area contributed by atoms with Gasteiger partial charge in [-0.2, -0.15) is 4.99 Å². The minimum atomic E-state index is -3.50. The van der Waals surface area contributed by atoms with E-state index in [4.69, 9.17) is 4.74 Å². The summed E-state index contributed by atoms with van der Waals surface area (Å²) in [7, 11) is -3.50. The summed E-state index contributed by atoms with van der Waals surface area (Å²) < 4.78 is 60.0. The summed E-state index contributed by atoms with van der Waals surface area (Å²) in [6.45, 7) is 4.68. The van der Waals surface area contributed by atoms with Gasteiger partial charge in [-0.05, 0) is 38.5 Å². The van der Waals surface area contributed by atoms with Crippen molar-refractivity contribution in [1.29, 1.82) is 0 Å². The number of ether oxygens (including phenoxy) is 1. The first-order chi connectivity index (χ1) is 15.2. The Hall–Kier alpha value is -2.43. The minimum absolute atomic E-state index is 0.0817. The van der Waals surface area contributed by atoms with Gasteiger partial charge in [-0.15, -0.1) is 0 Å². The molecular formula is C22H24F2N2O4S2. The number of carbonyl (C=O) groups is 1. The monoisotopic (exact) mass is 482 g/mol. The van der Waals surface area contributed by atoms with Crippen LogP contribution in [0.5, 0.6) is 0 Å². The van der Waals surface area contributed by atoms with Crippen LogP contribution in [0.2, 0.25) is 0 Å². The van der Waals surface area contributed by atoms with Gasteiger partial charge in [-0.25, -0.2) is 17.2 Å². The molecule has 10 heteroatoms. The molecule has 1 amide bonds. The number of aryl methyl sites for hydroxylation is 1. The number of sulfone groups is 1. The number of amides is 1. The third-order valence-corrected chi connectivity index (χ3v) is 7.60. The van der Waals surface area contributed by atoms with Crippen LogP contribution in [0.15, 0.2) is 46.3 Å². The van der Waals surface area contributed by atoms with Gasteiger partial charge >= 0.3 is 0 Å². The number of carbonyl (C=O) groups excluding carboxylic acids is 1. The number of aromatic nitrogens is 1. The number of hydrogen-bond acceptors (Lipinski definition) is 5. The molecule has 1 aromatic heterocycles. The van der Waals surface area contributed by atoms with E-state index in [0.29, 0.717) is 11.3 Å². The number of benzene rings is 2. The van der Waals surface area contributed by atoms with Crippen LogP contribution < -0.4 is 4.80 Å². The maximum Gasteiger partial charge on any atom is 0.248 e. The van der Waals surface area contributed by atoms with Crippen molar-refractivity contribution < 1.29 is 26.7 Å². The smallest absolute Gasteiger partial charge is 0.248 e. The molecule has 0 fully saturated rings. The third-order valence-electron chi connectivity index (χ3n) is 4.76. The second kappa shape index (κ2) is 10.5. The first-order valence-electron chi connectivity index (χ1n) is 10.1. The third kappa shape index (κ3) is 5.87. The van der Waals surface area contributed by atoms with Gasteiger partial charge in [0.1, 0.15) is 5.82 Å². The topological polar surface area (TPSA) is 77.7 Å². The quantitative estimate of drug-likeness (QED) is 0.432. The standard InChI is InChI=1S/C22H24F2N2O4S2/c1-3-30-11-10-26-21-18(24)13-16(23)14-19(21)31-22(26)25-20(27)5-4-12-32(28,29)17-8-6-15(2)7-9-17/h6-9,13-14H,3-5,10-12H2,1-2H3. The number of thiazole rings is 1. The molecule has 32 heavy (non-hydrogen) atoms. The maximum absolute atomic E-state index is 14.4. The second-order valence-corrected chi connectivity index (χ2v) is 10.3. The van der Waals surface area contributed by atoms with Gasteiger partial charge in [0.2, 0.25) is 5.91 Å². The van der Waals surface area contributed by atoms with Crippen molar-refractivity contribution in [2.24, 2.45) is 4.99 Å². The van der Waals surface area contributed by atoms with E-state index in [2.05, 4.69) is 4.99 Å². The zero-order valence-electron chi connectivity index (χ0n) is 17.8. The van der Waals surface area contributed by atoms with Gasteiger partial charge < -0.3 is 9.30 Å². The van der Waals surface area contributed by atoms with Crippen LogP contribution >= 0.6 is 11.3 Å². The van der Waals surface area contributed by atoms with Crippen LogP contribution in [0.1, 0.15) is 25.3 Å². The lowest BCUT2D eigenvalue weighted by Crippen LogP contribution is -2.20. The highest BCUT2D eigenvalue weighted by Crippen LogP contribution is 2.22. The molecule has 0 aliphatic heterocycles. The van der Waals surface area contributed by atoms with E-state index in [1.807, 2.05) is 13.8 Å². The summed E-state index contributed by atoms with van der Waals surface area (Å²) in [5.74, 6) is -2.17. The molecule has 3 aromatic rings. The molecule has 172 valence electrons. The largest absolute Gasteiger partial charge is 0.380 e. The van der Waals surface area contributed by atoms with Crippen molar-refractivity contribution >= 4 is 37.3 Å². The van der Waals surface area contributed by atoms with Crippen molar-refractivity contribution in [2.45, 2.75) is 38.1 Å². The van der Waals surface area contributed by atoms with E-state index < -0.39 is 27.4 Å². The van der Waals surface area contributed by atoms with Crippen LogP contribution in [0.4, 0.5) is 8.78 Å². The maximum atomic E-state index is 14.4. The Morgan fingerprint density at radius 1 is 1.19 bits per heavy atom. The zero-order valence-corrected chi connectivity index (χ0v) is 19.4. The molecule has 6 nitrogen and oxygen atoms in total. The highest BCUT2D eigenvalue weighted by molar-refractivity contribution is 7.91. The minimum Gasteiger partial charge on any atom is -0.380 e. The lowest BCUT2D eigenvalue weighted by Gasteiger charge is -2.06. The summed E-state index contributed by atoms with van der Waals surface area (Å²) in [5.41, 5.74) is 1.11. The molecular weight excluding hydrogens is 458 g/mol. The molecule has 0 bridgehead atoms. The molecule has 3 rings (SSSR count). The van der Waals surface area contributed by atoms with E-state index in [1.54, 1.807) is 24.3 Å². The Bertz CT molecular complexity index is 1280. The zero-order chi connectivity index (χ0) is 23.3. The van der Waals surface area contributed by atoms with Crippen LogP contribution in [0.3, 0.4) is 0 Å². The van der Waals surface area contributed by atoms with Crippen molar-refractivity contribution in [3.63, 3.8) is 0 Å². The van der Waals surface area contributed by atoms with Gasteiger partial charge in [-0.1, -0.05) is 29.0 Å². The summed E-state index contributed by atoms with van der Waals surface area (Å²) in [6, 6.07) is 8.51. The SMILES string of the molecule is CCOCCn1c(=NC(=O)CCCS(=O)(=O)c2ccc(C)cc2)sc2cc(F)cc(F)c21. The first-order valence-corrected chi connectivity index (χ1v) is 12.6. The van der Waals surface area contributed by atoms with E-state index in [-0.39, 0.29) is 47.0 Å². The normalized spacial score (nSPS) is 12.6.